The number of furan rings is 1. The van der Waals surface area contributed by atoms with E-state index in [1.54, 1.807) is 0 Å². The van der Waals surface area contributed by atoms with Gasteiger partial charge in [-0.25, -0.2) is 0 Å². The van der Waals surface area contributed by atoms with Crippen LogP contribution in [0.4, 0.5) is 0 Å². The highest BCUT2D eigenvalue weighted by Gasteiger charge is 2.13. The van der Waals surface area contributed by atoms with Gasteiger partial charge in [0.2, 0.25) is 0 Å². The summed E-state index contributed by atoms with van der Waals surface area (Å²) in [5.74, 6) is 4.31. The third-order valence-electron chi connectivity index (χ3n) is 4.04. The van der Waals surface area contributed by atoms with Crippen LogP contribution in [0.5, 0.6) is 0 Å². The van der Waals surface area contributed by atoms with E-state index in [1.165, 1.54) is 25.1 Å². The van der Waals surface area contributed by atoms with Crippen LogP contribution in [0.1, 0.15) is 48.9 Å². The van der Waals surface area contributed by atoms with E-state index in [4.69, 9.17) is 4.42 Å². The van der Waals surface area contributed by atoms with Crippen LogP contribution in [-0.4, -0.2) is 21.3 Å². The number of fused-ring (bicyclic) bond motifs is 1. The van der Waals surface area contributed by atoms with Crippen molar-refractivity contribution in [3.8, 4) is 0 Å². The normalized spacial score (nSPS) is 14.9. The van der Waals surface area contributed by atoms with Crippen molar-refractivity contribution in [1.82, 2.24) is 20.1 Å². The molecule has 0 aliphatic carbocycles. The second-order valence-corrected chi connectivity index (χ2v) is 5.79. The van der Waals surface area contributed by atoms with Gasteiger partial charge in [-0.1, -0.05) is 6.42 Å². The maximum Gasteiger partial charge on any atom is 0.133 e. The largest absolute Gasteiger partial charge is 0.465 e. The van der Waals surface area contributed by atoms with Crippen molar-refractivity contribution in [3.05, 3.63) is 35.3 Å². The van der Waals surface area contributed by atoms with Crippen LogP contribution >= 0.6 is 0 Å². The van der Waals surface area contributed by atoms with Gasteiger partial charge in [0.25, 0.3) is 0 Å². The van der Waals surface area contributed by atoms with Crippen molar-refractivity contribution in [1.29, 1.82) is 0 Å². The van der Waals surface area contributed by atoms with E-state index in [0.29, 0.717) is 0 Å². The number of rotatable bonds is 6. The monoisotopic (exact) mass is 288 g/mol. The Morgan fingerprint density at radius 2 is 2.19 bits per heavy atom. The van der Waals surface area contributed by atoms with Gasteiger partial charge < -0.3 is 14.3 Å². The molecule has 3 heterocycles. The molecule has 0 radical (unpaired) electrons. The third kappa shape index (κ3) is 3.73. The zero-order chi connectivity index (χ0) is 14.5. The molecule has 0 aromatic carbocycles. The average Bonchev–Trinajstić information content (AvgIpc) is 2.98. The number of aromatic nitrogens is 3. The summed E-state index contributed by atoms with van der Waals surface area (Å²) in [5.41, 5.74) is 0. The van der Waals surface area contributed by atoms with E-state index in [-0.39, 0.29) is 0 Å². The Hall–Kier alpha value is -1.62. The molecular weight excluding hydrogens is 264 g/mol. The first-order valence-electron chi connectivity index (χ1n) is 8.00. The van der Waals surface area contributed by atoms with Gasteiger partial charge in [0, 0.05) is 19.4 Å². The predicted molar refractivity (Wildman–Crippen MR) is 81.0 cm³/mol. The first-order valence-corrected chi connectivity index (χ1v) is 8.00. The summed E-state index contributed by atoms with van der Waals surface area (Å²) in [6, 6.07) is 4.03. The average molecular weight is 288 g/mol. The Morgan fingerprint density at radius 1 is 1.24 bits per heavy atom. The minimum absolute atomic E-state index is 0.797. The highest BCUT2D eigenvalue weighted by molar-refractivity contribution is 5.05. The molecule has 0 atom stereocenters. The van der Waals surface area contributed by atoms with Gasteiger partial charge in [-0.15, -0.1) is 10.2 Å². The summed E-state index contributed by atoms with van der Waals surface area (Å²) in [5, 5.41) is 12.1. The second kappa shape index (κ2) is 6.89. The van der Waals surface area contributed by atoms with Crippen LogP contribution in [0.25, 0.3) is 0 Å². The van der Waals surface area contributed by atoms with Crippen molar-refractivity contribution < 1.29 is 4.42 Å². The van der Waals surface area contributed by atoms with Crippen molar-refractivity contribution in [2.45, 2.75) is 58.5 Å². The summed E-state index contributed by atoms with van der Waals surface area (Å²) in [7, 11) is 0. The lowest BCUT2D eigenvalue weighted by Gasteiger charge is -2.07. The fourth-order valence-corrected chi connectivity index (χ4v) is 2.89. The Kier molecular flexibility index (Phi) is 4.70. The maximum atomic E-state index is 5.54. The Balaban J connectivity index is 1.42. The summed E-state index contributed by atoms with van der Waals surface area (Å²) in [6.45, 7) is 4.84. The molecule has 0 saturated heterocycles. The molecule has 1 aliphatic heterocycles. The van der Waals surface area contributed by atoms with Crippen molar-refractivity contribution in [2.24, 2.45) is 0 Å². The van der Waals surface area contributed by atoms with Gasteiger partial charge >= 0.3 is 0 Å². The lowest BCUT2D eigenvalue weighted by Crippen LogP contribution is -2.16. The molecule has 0 fully saturated rings. The molecule has 1 aliphatic rings. The highest BCUT2D eigenvalue weighted by atomic mass is 16.3. The Labute approximate surface area is 125 Å². The van der Waals surface area contributed by atoms with Gasteiger partial charge in [0.1, 0.15) is 23.2 Å². The second-order valence-electron chi connectivity index (χ2n) is 5.79. The van der Waals surface area contributed by atoms with Gasteiger partial charge in [-0.05, 0) is 44.9 Å². The van der Waals surface area contributed by atoms with Crippen LogP contribution in [-0.2, 0) is 25.9 Å². The fraction of sp³-hybridized carbons (Fsp3) is 0.625. The summed E-state index contributed by atoms with van der Waals surface area (Å²) in [6.07, 6.45) is 6.99. The number of aryl methyl sites for hydroxylation is 3. The molecule has 2 aromatic rings. The first kappa shape index (κ1) is 14.3. The van der Waals surface area contributed by atoms with Crippen LogP contribution in [0.3, 0.4) is 0 Å². The van der Waals surface area contributed by atoms with Crippen molar-refractivity contribution in [3.63, 3.8) is 0 Å². The van der Waals surface area contributed by atoms with Crippen LogP contribution in [0.15, 0.2) is 16.5 Å². The fourth-order valence-electron chi connectivity index (χ4n) is 2.89. The quantitative estimate of drug-likeness (QED) is 0.830. The van der Waals surface area contributed by atoms with Crippen LogP contribution < -0.4 is 5.32 Å². The van der Waals surface area contributed by atoms with Gasteiger partial charge in [-0.2, -0.15) is 0 Å². The molecule has 21 heavy (non-hydrogen) atoms. The smallest absolute Gasteiger partial charge is 0.133 e. The molecule has 5 nitrogen and oxygen atoms in total. The predicted octanol–water partition coefficient (Wildman–Crippen LogP) is 2.63. The van der Waals surface area contributed by atoms with E-state index < -0.39 is 0 Å². The molecule has 114 valence electrons. The number of hydrogen-bond donors (Lipinski definition) is 1. The topological polar surface area (TPSA) is 55.9 Å². The maximum absolute atomic E-state index is 5.54. The molecule has 0 bridgehead atoms. The van der Waals surface area contributed by atoms with Gasteiger partial charge in [0.15, 0.2) is 0 Å². The lowest BCUT2D eigenvalue weighted by molar-refractivity contribution is 0.459. The van der Waals surface area contributed by atoms with Crippen LogP contribution in [0.2, 0.25) is 0 Å². The molecule has 0 unspecified atom stereocenters. The molecule has 1 N–H and O–H groups in total. The summed E-state index contributed by atoms with van der Waals surface area (Å²) < 4.78 is 7.87. The van der Waals surface area contributed by atoms with E-state index in [2.05, 4.69) is 20.1 Å². The minimum Gasteiger partial charge on any atom is -0.465 e. The number of nitrogens with zero attached hydrogens (tertiary/aromatic N) is 3. The molecular formula is C16H24N4O. The SMILES string of the molecule is Cc1ccc(CNCCCc2nnc3n2CCCCC3)o1. The van der Waals surface area contributed by atoms with Crippen molar-refractivity contribution in [2.75, 3.05) is 6.54 Å². The number of hydrogen-bond acceptors (Lipinski definition) is 4. The van der Waals surface area contributed by atoms with Gasteiger partial charge in [0.05, 0.1) is 6.54 Å². The molecule has 0 amide bonds. The molecule has 0 spiro atoms. The highest BCUT2D eigenvalue weighted by Crippen LogP contribution is 2.15. The molecule has 3 rings (SSSR count). The Morgan fingerprint density at radius 3 is 3.05 bits per heavy atom. The molecule has 2 aromatic heterocycles. The zero-order valence-electron chi connectivity index (χ0n) is 12.8. The third-order valence-corrected chi connectivity index (χ3v) is 4.04. The van der Waals surface area contributed by atoms with Crippen molar-refractivity contribution >= 4 is 0 Å². The lowest BCUT2D eigenvalue weighted by atomic mass is 10.2. The van der Waals surface area contributed by atoms with E-state index in [0.717, 1.165) is 56.2 Å². The minimum atomic E-state index is 0.797. The summed E-state index contributed by atoms with van der Waals surface area (Å²) in [4.78, 5) is 0. The molecule has 0 saturated carbocycles. The zero-order valence-corrected chi connectivity index (χ0v) is 12.8. The standard InChI is InChI=1S/C16H24N4O/c1-13-8-9-14(21-13)12-17-10-5-7-16-19-18-15-6-3-2-4-11-20(15)16/h8-9,17H,2-7,10-12H2,1H3. The summed E-state index contributed by atoms with van der Waals surface area (Å²) >= 11 is 0. The molecule has 5 heteroatoms. The van der Waals surface area contributed by atoms with E-state index >= 15 is 0 Å². The van der Waals surface area contributed by atoms with Gasteiger partial charge in [-0.3, -0.25) is 0 Å². The van der Waals surface area contributed by atoms with E-state index in [1.807, 2.05) is 19.1 Å². The van der Waals surface area contributed by atoms with E-state index in [9.17, 15) is 0 Å². The number of nitrogens with one attached hydrogen (secondary N) is 1. The first-order chi connectivity index (χ1) is 10.3. The van der Waals surface area contributed by atoms with Crippen LogP contribution in [0, 0.1) is 6.92 Å². The Bertz CT molecular complexity index is 573.